The molecule has 0 amide bonds. The van der Waals surface area contributed by atoms with Gasteiger partial charge in [0.15, 0.2) is 0 Å². The van der Waals surface area contributed by atoms with Crippen molar-refractivity contribution < 1.29 is 83.5 Å². The van der Waals surface area contributed by atoms with Crippen LogP contribution in [0.2, 0.25) is 0 Å². The molecule has 0 aromatic heterocycles. The fourth-order valence-electron chi connectivity index (χ4n) is 0. The van der Waals surface area contributed by atoms with Gasteiger partial charge in [-0.3, -0.25) is 0 Å². The van der Waals surface area contributed by atoms with Crippen LogP contribution in [0, 0.1) is 0 Å². The van der Waals surface area contributed by atoms with Crippen molar-refractivity contribution in [2.45, 2.75) is 0 Å². The van der Waals surface area contributed by atoms with Crippen LogP contribution in [0.4, 0.5) is 0 Å². The molecule has 0 unspecified atom stereocenters. The van der Waals surface area contributed by atoms with Gasteiger partial charge in [-0.2, -0.15) is 0 Å². The summed E-state index contributed by atoms with van der Waals surface area (Å²) in [6.07, 6.45) is 0. The first-order chi connectivity index (χ1) is 2.83. The van der Waals surface area contributed by atoms with E-state index in [4.69, 9.17) is 18.9 Å². The summed E-state index contributed by atoms with van der Waals surface area (Å²) >= 11 is 0. The minimum atomic E-state index is -0.833. The summed E-state index contributed by atoms with van der Waals surface area (Å²) in [4.78, 5) is 14.0. The van der Waals surface area contributed by atoms with Crippen molar-refractivity contribution in [3.63, 3.8) is 0 Å². The maximum absolute atomic E-state index is 8.46. The molecule has 0 atom stereocenters. The molecule has 9 heteroatoms. The summed E-state index contributed by atoms with van der Waals surface area (Å²) in [6.45, 7) is 0. The van der Waals surface area contributed by atoms with Gasteiger partial charge in [-0.25, -0.2) is 9.13 Å². The second kappa shape index (κ2) is 49.9. The molecule has 9 heavy (non-hydrogen) atoms. The largest absolute Gasteiger partial charge is 1.00 e. The molecule has 0 spiro atoms. The Labute approximate surface area is 99.7 Å². The maximum Gasteiger partial charge on any atom is 1.00 e. The Hall–Kier alpha value is 2.08. The SMILES string of the molecule is O.O=PO.O=PO.[Na+].[Na+]. The summed E-state index contributed by atoms with van der Waals surface area (Å²) in [5.74, 6) is 0. The summed E-state index contributed by atoms with van der Waals surface area (Å²) in [6, 6.07) is 0. The minimum Gasteiger partial charge on any atom is -0.412 e. The first-order valence-corrected chi connectivity index (χ1v) is 2.30. The summed E-state index contributed by atoms with van der Waals surface area (Å²) in [5.41, 5.74) is 0. The quantitative estimate of drug-likeness (QED) is 0.294. The van der Waals surface area contributed by atoms with Gasteiger partial charge in [0, 0.05) is 0 Å². The molecule has 0 heterocycles. The van der Waals surface area contributed by atoms with Gasteiger partial charge in [-0.1, -0.05) is 0 Å². The molecule has 0 radical (unpaired) electrons. The molecule has 44 valence electrons. The first kappa shape index (κ1) is 30.5. The summed E-state index contributed by atoms with van der Waals surface area (Å²) in [7, 11) is -1.67. The van der Waals surface area contributed by atoms with Gasteiger partial charge in [0.25, 0.3) is 0 Å². The Morgan fingerprint density at radius 1 is 0.889 bits per heavy atom. The van der Waals surface area contributed by atoms with Gasteiger partial charge in [-0.15, -0.1) is 0 Å². The van der Waals surface area contributed by atoms with E-state index in [0.29, 0.717) is 0 Å². The van der Waals surface area contributed by atoms with Crippen LogP contribution in [0.3, 0.4) is 0 Å². The van der Waals surface area contributed by atoms with Crippen molar-refractivity contribution in [1.29, 1.82) is 0 Å². The van der Waals surface area contributed by atoms with Gasteiger partial charge >= 0.3 is 76.5 Å². The molecule has 0 bridgehead atoms. The fourth-order valence-corrected chi connectivity index (χ4v) is 0. The second-order valence-electron chi connectivity index (χ2n) is 0.163. The predicted octanol–water partition coefficient (Wildman–Crippen LogP) is -6.45. The third-order valence-corrected chi connectivity index (χ3v) is 0. The van der Waals surface area contributed by atoms with Crippen LogP contribution in [0.15, 0.2) is 0 Å². The Morgan fingerprint density at radius 2 is 0.889 bits per heavy atom. The number of hydrogen-bond acceptors (Lipinski definition) is 2. The zero-order valence-corrected chi connectivity index (χ0v) is 10.9. The molecule has 0 aliphatic carbocycles. The van der Waals surface area contributed by atoms with Gasteiger partial charge in [0.1, 0.15) is 0 Å². The topological polar surface area (TPSA) is 106 Å². The molecule has 0 rings (SSSR count). The molecule has 0 aromatic rings. The fraction of sp³-hybridized carbons (Fsp3) is 0. The average Bonchev–Trinajstić information content (AvgIpc) is 1.39. The minimum absolute atomic E-state index is 0. The van der Waals surface area contributed by atoms with Crippen molar-refractivity contribution in [3.05, 3.63) is 0 Å². The third-order valence-electron chi connectivity index (χ3n) is 0. The van der Waals surface area contributed by atoms with E-state index in [0.717, 1.165) is 0 Å². The Balaban J connectivity index is -0.00000000889. The molecule has 0 saturated carbocycles. The molecule has 0 aliphatic rings. The van der Waals surface area contributed by atoms with Crippen LogP contribution >= 0.6 is 17.4 Å². The molecule has 0 aromatic carbocycles. The molecule has 0 saturated heterocycles. The van der Waals surface area contributed by atoms with Crippen molar-refractivity contribution in [1.82, 2.24) is 0 Å². The molecular weight excluding hydrogens is 188 g/mol. The second-order valence-corrected chi connectivity index (χ2v) is 0.490. The van der Waals surface area contributed by atoms with Crippen LogP contribution in [-0.4, -0.2) is 15.3 Å². The summed E-state index contributed by atoms with van der Waals surface area (Å²) < 4.78 is 16.9. The summed E-state index contributed by atoms with van der Waals surface area (Å²) in [5, 5.41) is 0. The van der Waals surface area contributed by atoms with Crippen molar-refractivity contribution in [2.24, 2.45) is 0 Å². The Bertz CT molecular complexity index is 33.9. The van der Waals surface area contributed by atoms with Crippen LogP contribution in [0.25, 0.3) is 0 Å². The van der Waals surface area contributed by atoms with E-state index in [9.17, 15) is 0 Å². The van der Waals surface area contributed by atoms with E-state index < -0.39 is 17.4 Å². The van der Waals surface area contributed by atoms with Crippen molar-refractivity contribution in [3.8, 4) is 0 Å². The van der Waals surface area contributed by atoms with E-state index in [1.807, 2.05) is 0 Å². The average molecular weight is 192 g/mol. The molecule has 0 fully saturated rings. The Morgan fingerprint density at radius 3 is 0.889 bits per heavy atom. The number of hydrogen-bond donors (Lipinski definition) is 2. The number of rotatable bonds is 0. The first-order valence-electron chi connectivity index (χ1n) is 0.765. The van der Waals surface area contributed by atoms with E-state index in [2.05, 4.69) is 0 Å². The molecule has 0 aliphatic heterocycles. The molecule has 4 N–H and O–H groups in total. The van der Waals surface area contributed by atoms with Crippen LogP contribution < -0.4 is 59.1 Å². The third kappa shape index (κ3) is 152. The van der Waals surface area contributed by atoms with E-state index >= 15 is 0 Å². The van der Waals surface area contributed by atoms with E-state index in [1.165, 1.54) is 0 Å². The normalized spacial score (nSPS) is 4.67. The molecule has 5 nitrogen and oxygen atoms in total. The van der Waals surface area contributed by atoms with E-state index in [1.54, 1.807) is 0 Å². The molecular formula is H4Na2O5P2+2. The smallest absolute Gasteiger partial charge is 0.412 e. The van der Waals surface area contributed by atoms with Crippen LogP contribution in [0.1, 0.15) is 0 Å². The van der Waals surface area contributed by atoms with E-state index in [-0.39, 0.29) is 64.6 Å². The predicted molar refractivity (Wildman–Crippen MR) is 23.3 cm³/mol. The zero-order valence-electron chi connectivity index (χ0n) is 5.11. The van der Waals surface area contributed by atoms with Gasteiger partial charge in [0.05, 0.1) is 0 Å². The Kier molecular flexibility index (Phi) is 169. The van der Waals surface area contributed by atoms with Gasteiger partial charge < -0.3 is 15.3 Å². The maximum atomic E-state index is 8.46. The monoisotopic (exact) mass is 192 g/mol. The van der Waals surface area contributed by atoms with Crippen LogP contribution in [0.5, 0.6) is 0 Å². The standard InChI is InChI=1S/2Na.2HO2P.H2O/c;;2*1-3-2;/h;;2*(H,1,2);1H2/q2*+1;;;. The van der Waals surface area contributed by atoms with Crippen LogP contribution in [-0.2, 0) is 9.13 Å². The van der Waals surface area contributed by atoms with Gasteiger partial charge in [-0.05, 0) is 0 Å². The van der Waals surface area contributed by atoms with Crippen molar-refractivity contribution >= 4 is 17.4 Å². The van der Waals surface area contributed by atoms with Crippen molar-refractivity contribution in [2.75, 3.05) is 0 Å². The van der Waals surface area contributed by atoms with Gasteiger partial charge in [0.2, 0.25) is 0 Å². The zero-order chi connectivity index (χ0) is 5.41.